The molecule has 2 rings (SSSR count). The lowest BCUT2D eigenvalue weighted by Crippen LogP contribution is -2.37. The smallest absolute Gasteiger partial charge is 0.234 e. The Balaban J connectivity index is 1.68. The predicted octanol–water partition coefficient (Wildman–Crippen LogP) is 6.11. The molecule has 1 aromatic heterocycles. The zero-order valence-electron chi connectivity index (χ0n) is 17.1. The molecule has 0 saturated heterocycles. The van der Waals surface area contributed by atoms with Gasteiger partial charge in [0.1, 0.15) is 12.4 Å². The molecule has 0 N–H and O–H groups in total. The van der Waals surface area contributed by atoms with Crippen LogP contribution >= 0.6 is 0 Å². The van der Waals surface area contributed by atoms with Gasteiger partial charge in [0.25, 0.3) is 5.82 Å². The predicted molar refractivity (Wildman–Crippen MR) is 111 cm³/mol. The molecule has 0 unspecified atom stereocenters. The first-order valence-electron chi connectivity index (χ1n) is 11.0. The van der Waals surface area contributed by atoms with Crippen LogP contribution in [0.3, 0.4) is 0 Å². The van der Waals surface area contributed by atoms with Crippen LogP contribution in [-0.4, -0.2) is 4.57 Å². The third-order valence-electron chi connectivity index (χ3n) is 5.37. The molecule has 0 bridgehead atoms. The minimum absolute atomic E-state index is 1.12. The highest BCUT2D eigenvalue weighted by molar-refractivity contribution is 5.14. The summed E-state index contributed by atoms with van der Waals surface area (Å²) in [4.78, 5) is 0. The van der Waals surface area contributed by atoms with Gasteiger partial charge in [0.05, 0.1) is 13.1 Å². The highest BCUT2D eigenvalue weighted by Crippen LogP contribution is 2.10. The first-order valence-corrected chi connectivity index (χ1v) is 11.0. The Morgan fingerprint density at radius 3 is 2.19 bits per heavy atom. The first-order chi connectivity index (χ1) is 12.8. The molecule has 0 spiro atoms. The van der Waals surface area contributed by atoms with Crippen molar-refractivity contribution in [1.29, 1.82) is 0 Å². The maximum absolute atomic E-state index is 2.49. The van der Waals surface area contributed by atoms with Gasteiger partial charge in [0, 0.05) is 6.42 Å². The van der Waals surface area contributed by atoms with Crippen LogP contribution in [-0.2, 0) is 25.9 Å². The van der Waals surface area contributed by atoms with E-state index in [9.17, 15) is 0 Å². The average Bonchev–Trinajstić information content (AvgIpc) is 3.06. The number of rotatable bonds is 14. The fourth-order valence-electron chi connectivity index (χ4n) is 3.83. The van der Waals surface area contributed by atoms with E-state index in [2.05, 4.69) is 65.7 Å². The summed E-state index contributed by atoms with van der Waals surface area (Å²) in [6.45, 7) is 6.88. The van der Waals surface area contributed by atoms with E-state index in [1.165, 1.54) is 82.1 Å². The van der Waals surface area contributed by atoms with Crippen molar-refractivity contribution in [2.45, 2.75) is 97.6 Å². The van der Waals surface area contributed by atoms with Gasteiger partial charge in [-0.05, 0) is 31.2 Å². The van der Waals surface area contributed by atoms with Gasteiger partial charge in [0.2, 0.25) is 0 Å². The highest BCUT2D eigenvalue weighted by Gasteiger charge is 2.14. The third-order valence-corrected chi connectivity index (χ3v) is 5.37. The van der Waals surface area contributed by atoms with Gasteiger partial charge in [-0.25, -0.2) is 9.13 Å². The minimum atomic E-state index is 1.12. The van der Waals surface area contributed by atoms with Crippen LogP contribution in [0, 0.1) is 0 Å². The molecule has 1 heterocycles. The Kier molecular flexibility index (Phi) is 10.2. The van der Waals surface area contributed by atoms with Gasteiger partial charge < -0.3 is 0 Å². The van der Waals surface area contributed by atoms with Gasteiger partial charge in [-0.3, -0.25) is 0 Å². The maximum Gasteiger partial charge on any atom is 0.256 e. The van der Waals surface area contributed by atoms with Gasteiger partial charge in [-0.15, -0.1) is 0 Å². The van der Waals surface area contributed by atoms with Crippen molar-refractivity contribution in [3.8, 4) is 0 Å². The van der Waals surface area contributed by atoms with Crippen molar-refractivity contribution in [3.63, 3.8) is 0 Å². The lowest BCUT2D eigenvalue weighted by atomic mass is 10.1. The van der Waals surface area contributed by atoms with E-state index in [4.69, 9.17) is 0 Å². The zero-order valence-corrected chi connectivity index (χ0v) is 17.1. The molecule has 144 valence electrons. The summed E-state index contributed by atoms with van der Waals surface area (Å²) in [7, 11) is 0. The molecule has 0 aliphatic carbocycles. The van der Waals surface area contributed by atoms with E-state index in [0.29, 0.717) is 0 Å². The van der Waals surface area contributed by atoms with Crippen LogP contribution in [0.1, 0.15) is 83.0 Å². The molecular weight excluding hydrogens is 316 g/mol. The first kappa shape index (κ1) is 20.7. The van der Waals surface area contributed by atoms with Crippen molar-refractivity contribution in [3.05, 3.63) is 54.1 Å². The van der Waals surface area contributed by atoms with Crippen molar-refractivity contribution in [1.82, 2.24) is 4.57 Å². The fraction of sp³-hybridized carbons (Fsp3) is 0.625. The van der Waals surface area contributed by atoms with E-state index < -0.39 is 0 Å². The van der Waals surface area contributed by atoms with Crippen molar-refractivity contribution in [2.24, 2.45) is 0 Å². The van der Waals surface area contributed by atoms with Crippen LogP contribution in [0.15, 0.2) is 42.7 Å². The maximum atomic E-state index is 2.49. The molecule has 0 aliphatic heterocycles. The van der Waals surface area contributed by atoms with Crippen molar-refractivity contribution >= 4 is 0 Å². The van der Waals surface area contributed by atoms with Crippen LogP contribution in [0.4, 0.5) is 0 Å². The molecule has 0 radical (unpaired) electrons. The van der Waals surface area contributed by atoms with Crippen LogP contribution in [0.5, 0.6) is 0 Å². The molecule has 26 heavy (non-hydrogen) atoms. The van der Waals surface area contributed by atoms with Crippen molar-refractivity contribution < 1.29 is 4.57 Å². The van der Waals surface area contributed by atoms with E-state index in [-0.39, 0.29) is 0 Å². The van der Waals surface area contributed by atoms with Gasteiger partial charge >= 0.3 is 0 Å². The van der Waals surface area contributed by atoms with E-state index in [1.54, 1.807) is 0 Å². The lowest BCUT2D eigenvalue weighted by molar-refractivity contribution is -0.704. The Morgan fingerprint density at radius 2 is 1.50 bits per heavy atom. The number of nitrogens with zero attached hydrogens (tertiary/aromatic N) is 2. The molecule has 2 nitrogen and oxygen atoms in total. The molecule has 0 fully saturated rings. The summed E-state index contributed by atoms with van der Waals surface area (Å²) in [5, 5.41) is 0. The quantitative estimate of drug-likeness (QED) is 0.285. The average molecular weight is 356 g/mol. The third kappa shape index (κ3) is 7.35. The summed E-state index contributed by atoms with van der Waals surface area (Å²) in [6.07, 6.45) is 19.2. The monoisotopic (exact) mass is 355 g/mol. The fourth-order valence-corrected chi connectivity index (χ4v) is 3.83. The van der Waals surface area contributed by atoms with E-state index >= 15 is 0 Å². The largest absolute Gasteiger partial charge is 0.256 e. The lowest BCUT2D eigenvalue weighted by Gasteiger charge is -2.05. The number of hydrogen-bond acceptors (Lipinski definition) is 0. The Bertz CT molecular complexity index is 586. The van der Waals surface area contributed by atoms with E-state index in [1.807, 2.05) is 0 Å². The second-order valence-corrected chi connectivity index (χ2v) is 7.52. The molecule has 0 aliphatic rings. The summed E-state index contributed by atoms with van der Waals surface area (Å²) in [5.41, 5.74) is 1.45. The summed E-state index contributed by atoms with van der Waals surface area (Å²) in [5.74, 6) is 1.49. The number of benzene rings is 1. The van der Waals surface area contributed by atoms with Gasteiger partial charge in [0.15, 0.2) is 0 Å². The van der Waals surface area contributed by atoms with Crippen LogP contribution in [0.2, 0.25) is 0 Å². The van der Waals surface area contributed by atoms with Gasteiger partial charge in [-0.2, -0.15) is 0 Å². The Labute approximate surface area is 161 Å². The number of hydrogen-bond donors (Lipinski definition) is 0. The second-order valence-electron chi connectivity index (χ2n) is 7.52. The molecule has 2 heteroatoms. The highest BCUT2D eigenvalue weighted by atomic mass is 15.1. The number of aromatic nitrogens is 2. The molecule has 0 atom stereocenters. The van der Waals surface area contributed by atoms with Crippen LogP contribution in [0.25, 0.3) is 0 Å². The van der Waals surface area contributed by atoms with Gasteiger partial charge in [-0.1, -0.05) is 82.7 Å². The normalized spacial score (nSPS) is 11.2. The zero-order chi connectivity index (χ0) is 18.5. The topological polar surface area (TPSA) is 8.81 Å². The molecule has 1 aromatic carbocycles. The number of imidazole rings is 1. The van der Waals surface area contributed by atoms with Crippen molar-refractivity contribution in [2.75, 3.05) is 0 Å². The second kappa shape index (κ2) is 12.7. The summed E-state index contributed by atoms with van der Waals surface area (Å²) < 4.78 is 4.95. The molecular formula is C24H39N2+. The summed E-state index contributed by atoms with van der Waals surface area (Å²) in [6, 6.07) is 10.8. The SMILES string of the molecule is CCCCCCCCCCn1cc[n+](CCCc2ccccc2)c1CC. The molecule has 0 saturated carbocycles. The van der Waals surface area contributed by atoms with Crippen LogP contribution < -0.4 is 4.57 Å². The standard InChI is InChI=1S/C24H39N2/c1-3-5-6-7-8-9-10-14-19-25-21-22-26(24(25)4-2)20-15-18-23-16-12-11-13-17-23/h11-13,16-17,21-22H,3-10,14-15,18-20H2,1-2H3/q+1. The summed E-state index contributed by atoms with van der Waals surface area (Å²) >= 11 is 0. The number of unbranched alkanes of at least 4 members (excludes halogenated alkanes) is 7. The Morgan fingerprint density at radius 1 is 0.808 bits per heavy atom. The number of aryl methyl sites for hydroxylation is 3. The van der Waals surface area contributed by atoms with E-state index in [0.717, 1.165) is 13.0 Å². The minimum Gasteiger partial charge on any atom is -0.234 e. The Hall–Kier alpha value is -1.57. The molecule has 0 amide bonds. The molecule has 2 aromatic rings.